The summed E-state index contributed by atoms with van der Waals surface area (Å²) in [6, 6.07) is 0.199. The monoisotopic (exact) mass is 294 g/mol. The number of hydrazine groups is 1. The highest BCUT2D eigenvalue weighted by atomic mass is 16.5. The van der Waals surface area contributed by atoms with E-state index >= 15 is 0 Å². The topological polar surface area (TPSA) is 65.1 Å². The quantitative estimate of drug-likeness (QED) is 0.570. The zero-order valence-corrected chi connectivity index (χ0v) is 13.4. The van der Waals surface area contributed by atoms with Crippen molar-refractivity contribution in [3.05, 3.63) is 18.2 Å². The van der Waals surface area contributed by atoms with Gasteiger partial charge in [-0.3, -0.25) is 11.3 Å². The molecule has 1 fully saturated rings. The molecular weight excluding hydrogens is 264 g/mol. The summed E-state index contributed by atoms with van der Waals surface area (Å²) in [6.45, 7) is 2.82. The molecule has 0 saturated heterocycles. The minimum atomic E-state index is 0.199. The predicted octanol–water partition coefficient (Wildman–Crippen LogP) is 2.17. The summed E-state index contributed by atoms with van der Waals surface area (Å²) in [5.74, 6) is 7.58. The molecule has 2 unspecified atom stereocenters. The summed E-state index contributed by atoms with van der Waals surface area (Å²) >= 11 is 0. The van der Waals surface area contributed by atoms with Gasteiger partial charge in [-0.05, 0) is 32.1 Å². The maximum Gasteiger partial charge on any atom is 0.108 e. The van der Waals surface area contributed by atoms with Gasteiger partial charge in [0, 0.05) is 38.5 Å². The smallest absolute Gasteiger partial charge is 0.108 e. The lowest BCUT2D eigenvalue weighted by Gasteiger charge is -2.35. The Balaban J connectivity index is 1.95. The lowest BCUT2D eigenvalue weighted by molar-refractivity contribution is -0.0194. The van der Waals surface area contributed by atoms with Gasteiger partial charge in [-0.15, -0.1) is 0 Å². The van der Waals surface area contributed by atoms with Crippen molar-refractivity contribution in [3.8, 4) is 0 Å². The van der Waals surface area contributed by atoms with E-state index < -0.39 is 0 Å². The van der Waals surface area contributed by atoms with Crippen molar-refractivity contribution in [2.45, 2.75) is 64.0 Å². The summed E-state index contributed by atoms with van der Waals surface area (Å²) in [7, 11) is 2.04. The number of hydrogen-bond donors (Lipinski definition) is 2. The van der Waals surface area contributed by atoms with Crippen LogP contribution >= 0.6 is 0 Å². The molecule has 1 heterocycles. The fraction of sp³-hybridized carbons (Fsp3) is 0.812. The van der Waals surface area contributed by atoms with Gasteiger partial charge in [0.15, 0.2) is 0 Å². The van der Waals surface area contributed by atoms with E-state index in [-0.39, 0.29) is 12.1 Å². The number of aromatic nitrogens is 2. The number of hydrogen-bond acceptors (Lipinski definition) is 4. The Hall–Kier alpha value is -0.910. The molecule has 120 valence electrons. The summed E-state index contributed by atoms with van der Waals surface area (Å²) in [4.78, 5) is 4.39. The maximum absolute atomic E-state index is 6.06. The molecular formula is C16H30N4O. The normalized spacial score (nSPS) is 19.6. The Labute approximate surface area is 128 Å². The second kappa shape index (κ2) is 8.51. The molecule has 1 aromatic rings. The van der Waals surface area contributed by atoms with Crippen LogP contribution in [0.4, 0.5) is 0 Å². The van der Waals surface area contributed by atoms with Crippen LogP contribution in [0, 0.1) is 5.92 Å². The van der Waals surface area contributed by atoms with Crippen molar-refractivity contribution >= 4 is 0 Å². The third-order valence-electron chi connectivity index (χ3n) is 4.68. The van der Waals surface area contributed by atoms with E-state index in [2.05, 4.69) is 21.9 Å². The molecule has 5 nitrogen and oxygen atoms in total. The van der Waals surface area contributed by atoms with Crippen molar-refractivity contribution < 1.29 is 4.74 Å². The first-order valence-corrected chi connectivity index (χ1v) is 8.30. The van der Waals surface area contributed by atoms with E-state index in [4.69, 9.17) is 10.6 Å². The van der Waals surface area contributed by atoms with E-state index in [1.165, 1.54) is 32.1 Å². The van der Waals surface area contributed by atoms with Gasteiger partial charge in [-0.1, -0.05) is 19.3 Å². The molecule has 5 heteroatoms. The number of nitrogens with two attached hydrogens (primary N) is 1. The number of aryl methyl sites for hydroxylation is 2. The van der Waals surface area contributed by atoms with Crippen molar-refractivity contribution in [1.29, 1.82) is 0 Å². The molecule has 3 N–H and O–H groups in total. The molecule has 21 heavy (non-hydrogen) atoms. The first-order chi connectivity index (χ1) is 10.3. The Kier molecular flexibility index (Phi) is 6.67. The Bertz CT molecular complexity index is 401. The molecule has 1 aliphatic carbocycles. The second-order valence-electron chi connectivity index (χ2n) is 6.08. The average Bonchev–Trinajstić information content (AvgIpc) is 2.93. The van der Waals surface area contributed by atoms with E-state index in [0.29, 0.717) is 5.92 Å². The van der Waals surface area contributed by atoms with Gasteiger partial charge < -0.3 is 9.30 Å². The van der Waals surface area contributed by atoms with Crippen LogP contribution in [0.15, 0.2) is 12.4 Å². The lowest BCUT2D eigenvalue weighted by atomic mass is 9.81. The third-order valence-corrected chi connectivity index (χ3v) is 4.68. The zero-order chi connectivity index (χ0) is 15.1. The van der Waals surface area contributed by atoms with Gasteiger partial charge in [-0.25, -0.2) is 4.98 Å². The first kappa shape index (κ1) is 16.5. The van der Waals surface area contributed by atoms with Crippen molar-refractivity contribution in [3.63, 3.8) is 0 Å². The van der Waals surface area contributed by atoms with Gasteiger partial charge in [0.1, 0.15) is 5.82 Å². The summed E-state index contributed by atoms with van der Waals surface area (Å²) < 4.78 is 8.14. The van der Waals surface area contributed by atoms with Crippen molar-refractivity contribution in [2.75, 3.05) is 6.61 Å². The van der Waals surface area contributed by atoms with Crippen LogP contribution in [-0.4, -0.2) is 28.3 Å². The molecule has 2 atom stereocenters. The Morgan fingerprint density at radius 1 is 1.43 bits per heavy atom. The molecule has 1 aromatic heterocycles. The van der Waals surface area contributed by atoms with E-state index in [1.54, 1.807) is 0 Å². The lowest BCUT2D eigenvalue weighted by Crippen LogP contribution is -2.49. The van der Waals surface area contributed by atoms with Gasteiger partial charge in [0.2, 0.25) is 0 Å². The number of rotatable bonds is 8. The molecule has 2 rings (SSSR count). The minimum absolute atomic E-state index is 0.199. The van der Waals surface area contributed by atoms with Crippen LogP contribution in [0.2, 0.25) is 0 Å². The van der Waals surface area contributed by atoms with Crippen LogP contribution in [-0.2, 0) is 18.2 Å². The number of nitrogens with one attached hydrogen (secondary N) is 1. The van der Waals surface area contributed by atoms with Crippen LogP contribution in [0.3, 0.4) is 0 Å². The highest BCUT2D eigenvalue weighted by molar-refractivity contribution is 4.93. The van der Waals surface area contributed by atoms with Crippen LogP contribution in [0.1, 0.15) is 51.3 Å². The van der Waals surface area contributed by atoms with Gasteiger partial charge in [-0.2, -0.15) is 0 Å². The van der Waals surface area contributed by atoms with Gasteiger partial charge >= 0.3 is 0 Å². The van der Waals surface area contributed by atoms with Crippen molar-refractivity contribution in [1.82, 2.24) is 15.0 Å². The Morgan fingerprint density at radius 3 is 2.76 bits per heavy atom. The van der Waals surface area contributed by atoms with Crippen LogP contribution in [0.5, 0.6) is 0 Å². The molecule has 0 aliphatic heterocycles. The number of ether oxygens (including phenoxy) is 1. The summed E-state index contributed by atoms with van der Waals surface area (Å²) in [5.41, 5.74) is 3.00. The highest BCUT2D eigenvalue weighted by Gasteiger charge is 2.30. The Morgan fingerprint density at radius 2 is 2.19 bits per heavy atom. The fourth-order valence-corrected chi connectivity index (χ4v) is 3.50. The summed E-state index contributed by atoms with van der Waals surface area (Å²) in [5, 5.41) is 0. The molecule has 0 aromatic carbocycles. The zero-order valence-electron chi connectivity index (χ0n) is 13.4. The second-order valence-corrected chi connectivity index (χ2v) is 6.08. The predicted molar refractivity (Wildman–Crippen MR) is 84.6 cm³/mol. The average molecular weight is 294 g/mol. The van der Waals surface area contributed by atoms with Crippen molar-refractivity contribution in [2.24, 2.45) is 18.8 Å². The maximum atomic E-state index is 6.06. The standard InChI is InChI=1S/C16H30N4O/c1-3-21-16(13-7-5-4-6-8-13)14(19-17)9-10-15-18-11-12-20(15)2/h11-14,16,19H,3-10,17H2,1-2H3. The molecule has 1 aliphatic rings. The number of nitrogens with zero attached hydrogens (tertiary/aromatic N) is 2. The third kappa shape index (κ3) is 4.53. The van der Waals surface area contributed by atoms with Gasteiger partial charge in [0.05, 0.1) is 6.10 Å². The fourth-order valence-electron chi connectivity index (χ4n) is 3.50. The minimum Gasteiger partial charge on any atom is -0.377 e. The molecule has 0 radical (unpaired) electrons. The molecule has 0 bridgehead atoms. The largest absolute Gasteiger partial charge is 0.377 e. The molecule has 0 spiro atoms. The van der Waals surface area contributed by atoms with E-state index in [9.17, 15) is 0 Å². The highest BCUT2D eigenvalue weighted by Crippen LogP contribution is 2.30. The van der Waals surface area contributed by atoms with Crippen LogP contribution in [0.25, 0.3) is 0 Å². The molecule has 1 saturated carbocycles. The van der Waals surface area contributed by atoms with Crippen LogP contribution < -0.4 is 11.3 Å². The van der Waals surface area contributed by atoms with E-state index in [0.717, 1.165) is 25.3 Å². The van der Waals surface area contributed by atoms with Gasteiger partial charge in [0.25, 0.3) is 0 Å². The SMILES string of the molecule is CCOC(C1CCCCC1)C(CCc1nccn1C)NN. The molecule has 0 amide bonds. The van der Waals surface area contributed by atoms with E-state index in [1.807, 2.05) is 19.4 Å². The first-order valence-electron chi connectivity index (χ1n) is 8.30. The summed E-state index contributed by atoms with van der Waals surface area (Å²) in [6.07, 6.45) is 12.5. The number of imidazole rings is 1.